The quantitative estimate of drug-likeness (QED) is 0.721. The largest absolute Gasteiger partial charge is 0.295 e. The number of rotatable bonds is 5. The van der Waals surface area contributed by atoms with Crippen LogP contribution in [0.3, 0.4) is 0 Å². The van der Waals surface area contributed by atoms with Crippen molar-refractivity contribution in [3.8, 4) is 0 Å². The molecule has 96 valence electrons. The van der Waals surface area contributed by atoms with Gasteiger partial charge in [-0.3, -0.25) is 4.79 Å². The molecule has 0 amide bonds. The standard InChI is InChI=1S/C18H18O/c1-15(19)9-8-14-18(16-10-4-2-5-11-16)17-12-6-3-7-13-17/h2-13,18H,14H2,1H3/b9-8+. The molecule has 0 heterocycles. The van der Waals surface area contributed by atoms with Crippen molar-refractivity contribution in [3.05, 3.63) is 83.9 Å². The van der Waals surface area contributed by atoms with E-state index >= 15 is 0 Å². The fraction of sp³-hybridized carbons (Fsp3) is 0.167. The first-order valence-electron chi connectivity index (χ1n) is 6.54. The van der Waals surface area contributed by atoms with Gasteiger partial charge in [0, 0.05) is 5.92 Å². The summed E-state index contributed by atoms with van der Waals surface area (Å²) in [5.74, 6) is 0.401. The summed E-state index contributed by atoms with van der Waals surface area (Å²) in [6.45, 7) is 1.58. The van der Waals surface area contributed by atoms with Gasteiger partial charge in [0.2, 0.25) is 0 Å². The number of allylic oxidation sites excluding steroid dienone is 2. The third-order valence-electron chi connectivity index (χ3n) is 3.13. The Balaban J connectivity index is 2.26. The monoisotopic (exact) mass is 250 g/mol. The first-order chi connectivity index (χ1) is 9.27. The van der Waals surface area contributed by atoms with Crippen molar-refractivity contribution in [3.63, 3.8) is 0 Å². The van der Waals surface area contributed by atoms with E-state index in [1.54, 1.807) is 13.0 Å². The highest BCUT2D eigenvalue weighted by molar-refractivity contribution is 5.87. The van der Waals surface area contributed by atoms with Crippen molar-refractivity contribution < 1.29 is 4.79 Å². The van der Waals surface area contributed by atoms with Crippen molar-refractivity contribution in [2.24, 2.45) is 0 Å². The van der Waals surface area contributed by atoms with Crippen molar-refractivity contribution in [1.82, 2.24) is 0 Å². The lowest BCUT2D eigenvalue weighted by Crippen LogP contribution is -2.00. The Morgan fingerprint density at radius 2 is 1.42 bits per heavy atom. The number of benzene rings is 2. The average Bonchev–Trinajstić information content (AvgIpc) is 2.45. The summed E-state index contributed by atoms with van der Waals surface area (Å²) in [4.78, 5) is 11.0. The lowest BCUT2D eigenvalue weighted by molar-refractivity contribution is -0.112. The smallest absolute Gasteiger partial charge is 0.152 e. The molecule has 0 aliphatic heterocycles. The van der Waals surface area contributed by atoms with Gasteiger partial charge in [0.05, 0.1) is 0 Å². The molecule has 0 fully saturated rings. The van der Waals surface area contributed by atoms with Gasteiger partial charge in [-0.05, 0) is 30.5 Å². The summed E-state index contributed by atoms with van der Waals surface area (Å²) < 4.78 is 0. The van der Waals surface area contributed by atoms with E-state index < -0.39 is 0 Å². The first kappa shape index (κ1) is 13.3. The SMILES string of the molecule is CC(=O)/C=C/CC(c1ccccc1)c1ccccc1. The van der Waals surface area contributed by atoms with Crippen LogP contribution in [0.25, 0.3) is 0 Å². The second-order valence-electron chi connectivity index (χ2n) is 4.62. The Hall–Kier alpha value is -2.15. The van der Waals surface area contributed by atoms with E-state index in [1.165, 1.54) is 11.1 Å². The normalized spacial score (nSPS) is 11.1. The third kappa shape index (κ3) is 3.92. The molecule has 2 aromatic rings. The zero-order chi connectivity index (χ0) is 13.5. The maximum Gasteiger partial charge on any atom is 0.152 e. The van der Waals surface area contributed by atoms with E-state index in [9.17, 15) is 4.79 Å². The Morgan fingerprint density at radius 3 is 1.84 bits per heavy atom. The van der Waals surface area contributed by atoms with E-state index in [0.29, 0.717) is 5.92 Å². The highest BCUT2D eigenvalue weighted by atomic mass is 16.1. The lowest BCUT2D eigenvalue weighted by Gasteiger charge is -2.16. The molecule has 0 saturated heterocycles. The highest BCUT2D eigenvalue weighted by Gasteiger charge is 2.11. The molecular weight excluding hydrogens is 232 g/mol. The van der Waals surface area contributed by atoms with Gasteiger partial charge in [-0.15, -0.1) is 0 Å². The summed E-state index contributed by atoms with van der Waals surface area (Å²) in [7, 11) is 0. The molecule has 1 heteroatoms. The van der Waals surface area contributed by atoms with Gasteiger partial charge in [-0.1, -0.05) is 66.7 Å². The van der Waals surface area contributed by atoms with Crippen LogP contribution in [-0.2, 0) is 4.79 Å². The minimum atomic E-state index is 0.0971. The van der Waals surface area contributed by atoms with Crippen LogP contribution in [0.15, 0.2) is 72.8 Å². The number of carbonyl (C=O) groups excluding carboxylic acids is 1. The molecule has 0 saturated carbocycles. The molecule has 0 aromatic heterocycles. The van der Waals surface area contributed by atoms with Gasteiger partial charge in [0.1, 0.15) is 0 Å². The van der Waals surface area contributed by atoms with Crippen LogP contribution in [-0.4, -0.2) is 5.78 Å². The van der Waals surface area contributed by atoms with Crippen LogP contribution < -0.4 is 0 Å². The molecule has 2 rings (SSSR count). The van der Waals surface area contributed by atoms with Crippen molar-refractivity contribution >= 4 is 5.78 Å². The summed E-state index contributed by atoms with van der Waals surface area (Å²) in [6, 6.07) is 20.8. The van der Waals surface area contributed by atoms with Crippen molar-refractivity contribution in [2.45, 2.75) is 19.3 Å². The average molecular weight is 250 g/mol. The summed E-state index contributed by atoms with van der Waals surface area (Å²) in [6.07, 6.45) is 4.46. The van der Waals surface area contributed by atoms with Gasteiger partial charge in [0.25, 0.3) is 0 Å². The van der Waals surface area contributed by atoms with Crippen molar-refractivity contribution in [2.75, 3.05) is 0 Å². The van der Waals surface area contributed by atoms with Gasteiger partial charge in [0.15, 0.2) is 5.78 Å². The maximum absolute atomic E-state index is 11.0. The number of hydrogen-bond acceptors (Lipinski definition) is 1. The van der Waals surface area contributed by atoms with Gasteiger partial charge >= 0.3 is 0 Å². The van der Waals surface area contributed by atoms with Gasteiger partial charge in [-0.25, -0.2) is 0 Å². The molecule has 0 atom stereocenters. The third-order valence-corrected chi connectivity index (χ3v) is 3.13. The van der Waals surface area contributed by atoms with E-state index in [-0.39, 0.29) is 5.78 Å². The Kier molecular flexibility index (Phi) is 4.68. The number of ketones is 1. The zero-order valence-corrected chi connectivity index (χ0v) is 11.1. The fourth-order valence-corrected chi connectivity index (χ4v) is 2.21. The molecule has 19 heavy (non-hydrogen) atoms. The van der Waals surface area contributed by atoms with Crippen molar-refractivity contribution in [1.29, 1.82) is 0 Å². The van der Waals surface area contributed by atoms with E-state index in [0.717, 1.165) is 6.42 Å². The Morgan fingerprint density at radius 1 is 0.947 bits per heavy atom. The highest BCUT2D eigenvalue weighted by Crippen LogP contribution is 2.28. The zero-order valence-electron chi connectivity index (χ0n) is 11.1. The van der Waals surface area contributed by atoms with Crippen LogP contribution in [0, 0.1) is 0 Å². The van der Waals surface area contributed by atoms with E-state index in [2.05, 4.69) is 48.5 Å². The van der Waals surface area contributed by atoms with Crippen LogP contribution in [0.5, 0.6) is 0 Å². The Bertz CT molecular complexity index is 501. The minimum absolute atomic E-state index is 0.0971. The second kappa shape index (κ2) is 6.69. The first-order valence-corrected chi connectivity index (χ1v) is 6.54. The molecule has 2 aromatic carbocycles. The van der Waals surface area contributed by atoms with E-state index in [4.69, 9.17) is 0 Å². The molecule has 0 spiro atoms. The summed E-state index contributed by atoms with van der Waals surface area (Å²) in [5.41, 5.74) is 2.56. The summed E-state index contributed by atoms with van der Waals surface area (Å²) in [5, 5.41) is 0. The molecule has 1 nitrogen and oxygen atoms in total. The second-order valence-corrected chi connectivity index (χ2v) is 4.62. The predicted molar refractivity (Wildman–Crippen MR) is 79.2 cm³/mol. The molecular formula is C18H18O. The topological polar surface area (TPSA) is 17.1 Å². The predicted octanol–water partition coefficient (Wildman–Crippen LogP) is 4.35. The van der Waals surface area contributed by atoms with Crippen LogP contribution >= 0.6 is 0 Å². The Labute approximate surface area is 114 Å². The minimum Gasteiger partial charge on any atom is -0.295 e. The van der Waals surface area contributed by atoms with Gasteiger partial charge < -0.3 is 0 Å². The molecule has 0 aliphatic rings. The molecule has 0 N–H and O–H groups in total. The molecule has 0 bridgehead atoms. The van der Waals surface area contributed by atoms with Crippen LogP contribution in [0.4, 0.5) is 0 Å². The van der Waals surface area contributed by atoms with E-state index in [1.807, 2.05) is 18.2 Å². The van der Waals surface area contributed by atoms with Crippen LogP contribution in [0.2, 0.25) is 0 Å². The molecule has 0 radical (unpaired) electrons. The molecule has 0 unspecified atom stereocenters. The number of carbonyl (C=O) groups is 1. The maximum atomic E-state index is 11.0. The molecule has 0 aliphatic carbocycles. The lowest BCUT2D eigenvalue weighted by atomic mass is 9.88. The van der Waals surface area contributed by atoms with Gasteiger partial charge in [-0.2, -0.15) is 0 Å². The fourth-order valence-electron chi connectivity index (χ4n) is 2.21. The number of hydrogen-bond donors (Lipinski definition) is 0. The van der Waals surface area contributed by atoms with Crippen LogP contribution in [0.1, 0.15) is 30.4 Å². The summed E-state index contributed by atoms with van der Waals surface area (Å²) >= 11 is 0.